The molecule has 20 heavy (non-hydrogen) atoms. The highest BCUT2D eigenvalue weighted by Gasteiger charge is 2.14. The zero-order valence-electron chi connectivity index (χ0n) is 10.8. The maximum Gasteiger partial charge on any atom is 0.293 e. The smallest absolute Gasteiger partial charge is 0.293 e. The van der Waals surface area contributed by atoms with Gasteiger partial charge in [-0.05, 0) is 45.8 Å². The van der Waals surface area contributed by atoms with Crippen LogP contribution in [0.4, 0.5) is 0 Å². The third-order valence-electron chi connectivity index (χ3n) is 2.63. The van der Waals surface area contributed by atoms with Crippen molar-refractivity contribution in [2.75, 3.05) is 7.05 Å². The van der Waals surface area contributed by atoms with Gasteiger partial charge in [0.1, 0.15) is 0 Å². The van der Waals surface area contributed by atoms with Crippen molar-refractivity contribution < 1.29 is 9.21 Å². The van der Waals surface area contributed by atoms with Crippen LogP contribution in [0.5, 0.6) is 0 Å². The summed E-state index contributed by atoms with van der Waals surface area (Å²) in [6.45, 7) is 0.627. The van der Waals surface area contributed by atoms with Gasteiger partial charge in [-0.2, -0.15) is 0 Å². The molecule has 1 heterocycles. The first-order chi connectivity index (χ1) is 9.56. The molecule has 0 bridgehead atoms. The van der Waals surface area contributed by atoms with Crippen molar-refractivity contribution in [2.24, 2.45) is 0 Å². The Labute approximate surface area is 130 Å². The van der Waals surface area contributed by atoms with E-state index in [2.05, 4.69) is 21.2 Å². The molecule has 0 aliphatic carbocycles. The van der Waals surface area contributed by atoms with Crippen LogP contribution in [0.3, 0.4) is 0 Å². The van der Waals surface area contributed by atoms with E-state index in [1.54, 1.807) is 17.0 Å². The van der Waals surface area contributed by atoms with Crippen molar-refractivity contribution in [3.05, 3.63) is 58.5 Å². The quantitative estimate of drug-likeness (QED) is 0.861. The van der Waals surface area contributed by atoms with E-state index in [0.717, 1.165) is 5.56 Å². The Balaban J connectivity index is 1.93. The predicted molar refractivity (Wildman–Crippen MR) is 84.4 cm³/mol. The molecule has 0 radical (unpaired) electrons. The zero-order chi connectivity index (χ0) is 14.5. The highest BCUT2D eigenvalue weighted by atomic mass is 79.9. The third kappa shape index (κ3) is 3.91. The lowest BCUT2D eigenvalue weighted by Crippen LogP contribution is -2.40. The Morgan fingerprint density at radius 3 is 2.60 bits per heavy atom. The zero-order valence-corrected chi connectivity index (χ0v) is 13.2. The van der Waals surface area contributed by atoms with Gasteiger partial charge in [-0.15, -0.1) is 0 Å². The van der Waals surface area contributed by atoms with Crippen molar-refractivity contribution in [3.63, 3.8) is 0 Å². The van der Waals surface area contributed by atoms with Crippen LogP contribution in [0.15, 0.2) is 51.6 Å². The van der Waals surface area contributed by atoms with E-state index in [4.69, 9.17) is 16.6 Å². The topological polar surface area (TPSA) is 45.5 Å². The number of benzene rings is 1. The summed E-state index contributed by atoms with van der Waals surface area (Å²) in [4.78, 5) is 13.7. The van der Waals surface area contributed by atoms with E-state index in [1.807, 2.05) is 37.4 Å². The van der Waals surface area contributed by atoms with Gasteiger partial charge in [-0.25, -0.2) is 0 Å². The fourth-order valence-electron chi connectivity index (χ4n) is 1.62. The fraction of sp³-hybridized carbons (Fsp3) is 0.143. The minimum Gasteiger partial charge on any atom is -0.444 e. The van der Waals surface area contributed by atoms with E-state index < -0.39 is 0 Å². The Bertz CT molecular complexity index is 613. The number of rotatable bonds is 3. The van der Waals surface area contributed by atoms with Gasteiger partial charge < -0.3 is 9.32 Å². The molecule has 0 saturated heterocycles. The summed E-state index contributed by atoms with van der Waals surface area (Å²) < 4.78 is 5.68. The summed E-state index contributed by atoms with van der Waals surface area (Å²) in [7, 11) is 1.83. The molecule has 0 atom stereocenters. The van der Waals surface area contributed by atoms with Crippen molar-refractivity contribution >= 4 is 39.2 Å². The van der Waals surface area contributed by atoms with Crippen LogP contribution < -0.4 is 5.32 Å². The highest BCUT2D eigenvalue weighted by Crippen LogP contribution is 2.13. The molecular weight excluding hydrogens is 340 g/mol. The molecule has 0 fully saturated rings. The number of thiocarbonyl (C=S) groups is 1. The minimum atomic E-state index is -0.361. The lowest BCUT2D eigenvalue weighted by Gasteiger charge is -2.20. The molecule has 104 valence electrons. The van der Waals surface area contributed by atoms with Gasteiger partial charge in [0.05, 0.1) is 0 Å². The van der Waals surface area contributed by atoms with E-state index in [9.17, 15) is 4.79 Å². The van der Waals surface area contributed by atoms with Crippen molar-refractivity contribution in [1.29, 1.82) is 0 Å². The number of carbonyl (C=O) groups excluding carboxylic acids is 1. The Morgan fingerprint density at radius 2 is 2.00 bits per heavy atom. The van der Waals surface area contributed by atoms with Crippen molar-refractivity contribution in [1.82, 2.24) is 10.2 Å². The van der Waals surface area contributed by atoms with Gasteiger partial charge in [-0.1, -0.05) is 30.3 Å². The Hall–Kier alpha value is -1.66. The standard InChI is InChI=1S/C14H13BrN2O2S/c1-17(9-10-5-3-2-4-6-10)14(20)16-13(18)11-7-8-12(15)19-11/h2-8H,9H2,1H3,(H,16,18,20). The number of halogens is 1. The maximum atomic E-state index is 11.9. The molecule has 1 amide bonds. The first kappa shape index (κ1) is 14.7. The molecule has 0 spiro atoms. The van der Waals surface area contributed by atoms with Crippen LogP contribution in [0.25, 0.3) is 0 Å². The number of nitrogens with one attached hydrogen (secondary N) is 1. The number of nitrogens with zero attached hydrogens (tertiary/aromatic N) is 1. The third-order valence-corrected chi connectivity index (χ3v) is 3.47. The van der Waals surface area contributed by atoms with Crippen LogP contribution in [-0.4, -0.2) is 23.0 Å². The number of hydrogen-bond acceptors (Lipinski definition) is 3. The van der Waals surface area contributed by atoms with Gasteiger partial charge >= 0.3 is 0 Å². The van der Waals surface area contributed by atoms with E-state index in [-0.39, 0.29) is 11.7 Å². The SMILES string of the molecule is CN(Cc1ccccc1)C(=S)NC(=O)c1ccc(Br)o1. The summed E-state index contributed by atoms with van der Waals surface area (Å²) in [6, 6.07) is 13.1. The average molecular weight is 353 g/mol. The average Bonchev–Trinajstić information content (AvgIpc) is 2.86. The molecular formula is C14H13BrN2O2S. The first-order valence-corrected chi connectivity index (χ1v) is 7.12. The van der Waals surface area contributed by atoms with Gasteiger partial charge in [0.25, 0.3) is 5.91 Å². The Morgan fingerprint density at radius 1 is 1.30 bits per heavy atom. The summed E-state index contributed by atoms with van der Waals surface area (Å²) in [5.74, 6) is -0.145. The van der Waals surface area contributed by atoms with E-state index >= 15 is 0 Å². The fourth-order valence-corrected chi connectivity index (χ4v) is 2.08. The molecule has 2 rings (SSSR count). The second-order valence-electron chi connectivity index (χ2n) is 4.20. The van der Waals surface area contributed by atoms with Crippen LogP contribution in [0.1, 0.15) is 16.1 Å². The lowest BCUT2D eigenvalue weighted by molar-refractivity contribution is 0.0945. The van der Waals surface area contributed by atoms with Gasteiger partial charge in [0.15, 0.2) is 15.5 Å². The van der Waals surface area contributed by atoms with Crippen LogP contribution >= 0.6 is 28.1 Å². The molecule has 0 saturated carbocycles. The van der Waals surface area contributed by atoms with Gasteiger partial charge in [0.2, 0.25) is 0 Å². The number of amides is 1. The summed E-state index contributed by atoms with van der Waals surface area (Å²) >= 11 is 8.35. The van der Waals surface area contributed by atoms with E-state index in [0.29, 0.717) is 16.3 Å². The lowest BCUT2D eigenvalue weighted by atomic mass is 10.2. The van der Waals surface area contributed by atoms with Crippen LogP contribution in [0, 0.1) is 0 Å². The monoisotopic (exact) mass is 352 g/mol. The molecule has 4 nitrogen and oxygen atoms in total. The van der Waals surface area contributed by atoms with Gasteiger partial charge in [0, 0.05) is 13.6 Å². The summed E-state index contributed by atoms with van der Waals surface area (Å²) in [6.07, 6.45) is 0. The normalized spacial score (nSPS) is 10.1. The summed E-state index contributed by atoms with van der Waals surface area (Å²) in [5, 5.41) is 2.99. The highest BCUT2D eigenvalue weighted by molar-refractivity contribution is 9.10. The molecule has 0 aliphatic heterocycles. The summed E-state index contributed by atoms with van der Waals surface area (Å²) in [5.41, 5.74) is 1.12. The second-order valence-corrected chi connectivity index (χ2v) is 5.37. The molecule has 0 aliphatic rings. The number of hydrogen-bond donors (Lipinski definition) is 1. The largest absolute Gasteiger partial charge is 0.444 e. The van der Waals surface area contributed by atoms with Crippen molar-refractivity contribution in [3.8, 4) is 0 Å². The first-order valence-electron chi connectivity index (χ1n) is 5.92. The molecule has 0 unspecified atom stereocenters. The molecule has 2 aromatic rings. The van der Waals surface area contributed by atoms with Crippen molar-refractivity contribution in [2.45, 2.75) is 6.54 Å². The Kier molecular flexibility index (Phi) is 4.92. The molecule has 1 aromatic heterocycles. The molecule has 1 aromatic carbocycles. The number of carbonyl (C=O) groups is 1. The molecule has 1 N–H and O–H groups in total. The maximum absolute atomic E-state index is 11.9. The number of furan rings is 1. The minimum absolute atomic E-state index is 0.215. The van der Waals surface area contributed by atoms with Gasteiger partial charge in [-0.3, -0.25) is 10.1 Å². The second kappa shape index (κ2) is 6.67. The van der Waals surface area contributed by atoms with Crippen LogP contribution in [-0.2, 0) is 6.54 Å². The molecule has 6 heteroatoms. The van der Waals surface area contributed by atoms with Crippen LogP contribution in [0.2, 0.25) is 0 Å². The predicted octanol–water partition coefficient (Wildman–Crippen LogP) is 3.19. The van der Waals surface area contributed by atoms with E-state index in [1.165, 1.54) is 0 Å².